The van der Waals surface area contributed by atoms with Crippen molar-refractivity contribution < 1.29 is 0 Å². The topological polar surface area (TPSA) is 35.8 Å². The number of benzene rings is 2. The van der Waals surface area contributed by atoms with Crippen LogP contribution in [0, 0.1) is 11.3 Å². The van der Waals surface area contributed by atoms with Crippen LogP contribution < -0.4 is 5.32 Å². The summed E-state index contributed by atoms with van der Waals surface area (Å²) in [4.78, 5) is 0. The van der Waals surface area contributed by atoms with Gasteiger partial charge in [-0.2, -0.15) is 5.26 Å². The van der Waals surface area contributed by atoms with Crippen LogP contribution in [-0.4, -0.2) is 0 Å². The van der Waals surface area contributed by atoms with Gasteiger partial charge in [0.05, 0.1) is 10.6 Å². The first kappa shape index (κ1) is 12.5. The van der Waals surface area contributed by atoms with Gasteiger partial charge in [0.2, 0.25) is 0 Å². The number of aryl methyl sites for hydroxylation is 1. The summed E-state index contributed by atoms with van der Waals surface area (Å²) in [6.45, 7) is 2.12. The van der Waals surface area contributed by atoms with E-state index < -0.39 is 0 Å². The summed E-state index contributed by atoms with van der Waals surface area (Å²) in [5.74, 6) is 0. The third-order valence-corrected chi connectivity index (χ3v) is 3.08. The molecule has 2 aromatic rings. The van der Waals surface area contributed by atoms with E-state index in [1.807, 2.05) is 30.3 Å². The highest BCUT2D eigenvalue weighted by molar-refractivity contribution is 6.32. The zero-order valence-electron chi connectivity index (χ0n) is 10.1. The van der Waals surface area contributed by atoms with Crippen LogP contribution in [0.15, 0.2) is 42.5 Å². The van der Waals surface area contributed by atoms with Crippen LogP contribution in [0.3, 0.4) is 0 Å². The Hall–Kier alpha value is -1.98. The van der Waals surface area contributed by atoms with Crippen molar-refractivity contribution in [1.29, 1.82) is 5.26 Å². The molecule has 18 heavy (non-hydrogen) atoms. The number of nitrogens with zero attached hydrogens (tertiary/aromatic N) is 1. The lowest BCUT2D eigenvalue weighted by Crippen LogP contribution is -1.95. The fourth-order valence-electron chi connectivity index (χ4n) is 1.79. The molecule has 0 aliphatic rings. The Morgan fingerprint density at radius 1 is 1.22 bits per heavy atom. The van der Waals surface area contributed by atoms with E-state index in [0.717, 1.165) is 17.8 Å². The summed E-state index contributed by atoms with van der Waals surface area (Å²) in [5, 5.41) is 12.6. The average Bonchev–Trinajstić information content (AvgIpc) is 2.39. The molecule has 3 heteroatoms. The molecule has 0 amide bonds. The predicted molar refractivity (Wildman–Crippen MR) is 75.3 cm³/mol. The van der Waals surface area contributed by atoms with Gasteiger partial charge in [0.25, 0.3) is 0 Å². The molecule has 0 radical (unpaired) electrons. The number of hydrogen-bond acceptors (Lipinski definition) is 2. The summed E-state index contributed by atoms with van der Waals surface area (Å²) in [7, 11) is 0. The van der Waals surface area contributed by atoms with Crippen molar-refractivity contribution in [2.75, 3.05) is 5.32 Å². The molecule has 2 nitrogen and oxygen atoms in total. The van der Waals surface area contributed by atoms with E-state index in [1.165, 1.54) is 5.56 Å². The Kier molecular flexibility index (Phi) is 3.86. The minimum absolute atomic E-state index is 0.469. The Labute approximate surface area is 112 Å². The molecule has 1 N–H and O–H groups in total. The standard InChI is InChI=1S/C15H13ClN2/c1-2-11-5-3-4-6-15(11)18-13-8-7-12(10-17)14(16)9-13/h3-9,18H,2H2,1H3. The number of halogens is 1. The van der Waals surface area contributed by atoms with Gasteiger partial charge in [-0.15, -0.1) is 0 Å². The minimum Gasteiger partial charge on any atom is -0.355 e. The minimum atomic E-state index is 0.469. The van der Waals surface area contributed by atoms with Gasteiger partial charge in [-0.1, -0.05) is 36.7 Å². The summed E-state index contributed by atoms with van der Waals surface area (Å²) in [5.41, 5.74) is 3.70. The maximum atomic E-state index is 8.83. The van der Waals surface area contributed by atoms with Crippen molar-refractivity contribution in [3.8, 4) is 6.07 Å². The van der Waals surface area contributed by atoms with Gasteiger partial charge in [-0.05, 0) is 36.2 Å². The molecule has 0 unspecified atom stereocenters. The van der Waals surface area contributed by atoms with E-state index >= 15 is 0 Å². The van der Waals surface area contributed by atoms with Crippen molar-refractivity contribution in [1.82, 2.24) is 0 Å². The second kappa shape index (κ2) is 5.57. The van der Waals surface area contributed by atoms with Gasteiger partial charge in [-0.3, -0.25) is 0 Å². The van der Waals surface area contributed by atoms with E-state index in [-0.39, 0.29) is 0 Å². The highest BCUT2D eigenvalue weighted by atomic mass is 35.5. The zero-order valence-corrected chi connectivity index (χ0v) is 10.8. The van der Waals surface area contributed by atoms with E-state index in [9.17, 15) is 0 Å². The van der Waals surface area contributed by atoms with Crippen molar-refractivity contribution >= 4 is 23.0 Å². The average molecular weight is 257 g/mol. The Morgan fingerprint density at radius 3 is 2.67 bits per heavy atom. The molecule has 0 aliphatic heterocycles. The number of hydrogen-bond donors (Lipinski definition) is 1. The smallest absolute Gasteiger partial charge is 0.101 e. The lowest BCUT2D eigenvalue weighted by atomic mass is 10.1. The SMILES string of the molecule is CCc1ccccc1Nc1ccc(C#N)c(Cl)c1. The molecule has 0 saturated carbocycles. The third kappa shape index (κ3) is 2.64. The summed E-state index contributed by atoms with van der Waals surface area (Å²) < 4.78 is 0. The summed E-state index contributed by atoms with van der Waals surface area (Å²) in [6, 6.07) is 15.5. The molecule has 0 aromatic heterocycles. The Bertz CT molecular complexity index is 600. The monoisotopic (exact) mass is 256 g/mol. The lowest BCUT2D eigenvalue weighted by Gasteiger charge is -2.11. The van der Waals surface area contributed by atoms with Crippen LogP contribution in [0.5, 0.6) is 0 Å². The molecule has 0 bridgehead atoms. The molecule has 0 spiro atoms. The quantitative estimate of drug-likeness (QED) is 0.877. The molecular weight excluding hydrogens is 244 g/mol. The molecule has 0 saturated heterocycles. The number of nitrogens with one attached hydrogen (secondary N) is 1. The van der Waals surface area contributed by atoms with Gasteiger partial charge < -0.3 is 5.32 Å². The third-order valence-electron chi connectivity index (χ3n) is 2.77. The van der Waals surface area contributed by atoms with E-state index in [0.29, 0.717) is 10.6 Å². The number of nitriles is 1. The number of rotatable bonds is 3. The molecule has 0 aliphatic carbocycles. The first-order chi connectivity index (χ1) is 8.74. The molecule has 90 valence electrons. The molecule has 2 aromatic carbocycles. The van der Waals surface area contributed by atoms with Gasteiger partial charge in [0, 0.05) is 11.4 Å². The van der Waals surface area contributed by atoms with Crippen LogP contribution in [-0.2, 0) is 6.42 Å². The van der Waals surface area contributed by atoms with Crippen molar-refractivity contribution in [3.05, 3.63) is 58.6 Å². The van der Waals surface area contributed by atoms with E-state index in [2.05, 4.69) is 18.3 Å². The van der Waals surface area contributed by atoms with E-state index in [4.69, 9.17) is 16.9 Å². The fourth-order valence-corrected chi connectivity index (χ4v) is 2.01. The number of para-hydroxylation sites is 1. The molecule has 0 heterocycles. The molecular formula is C15H13ClN2. The second-order valence-electron chi connectivity index (χ2n) is 3.94. The van der Waals surface area contributed by atoms with Crippen molar-refractivity contribution in [3.63, 3.8) is 0 Å². The first-order valence-corrected chi connectivity index (χ1v) is 6.17. The van der Waals surface area contributed by atoms with Gasteiger partial charge >= 0.3 is 0 Å². The van der Waals surface area contributed by atoms with Crippen LogP contribution in [0.1, 0.15) is 18.1 Å². The van der Waals surface area contributed by atoms with Crippen LogP contribution in [0.4, 0.5) is 11.4 Å². The fraction of sp³-hybridized carbons (Fsp3) is 0.133. The van der Waals surface area contributed by atoms with Gasteiger partial charge in [0.1, 0.15) is 6.07 Å². The highest BCUT2D eigenvalue weighted by Crippen LogP contribution is 2.25. The van der Waals surface area contributed by atoms with Crippen molar-refractivity contribution in [2.45, 2.75) is 13.3 Å². The molecule has 2 rings (SSSR count). The predicted octanol–water partition coefficient (Wildman–Crippen LogP) is 4.52. The zero-order chi connectivity index (χ0) is 13.0. The largest absolute Gasteiger partial charge is 0.355 e. The van der Waals surface area contributed by atoms with Crippen LogP contribution in [0.2, 0.25) is 5.02 Å². The van der Waals surface area contributed by atoms with Crippen LogP contribution >= 0.6 is 11.6 Å². The summed E-state index contributed by atoms with van der Waals surface area (Å²) >= 11 is 6.01. The van der Waals surface area contributed by atoms with Gasteiger partial charge in [-0.25, -0.2) is 0 Å². The molecule has 0 fully saturated rings. The Balaban J connectivity index is 2.29. The molecule has 0 atom stereocenters. The van der Waals surface area contributed by atoms with Crippen LogP contribution in [0.25, 0.3) is 0 Å². The maximum Gasteiger partial charge on any atom is 0.101 e. The summed E-state index contributed by atoms with van der Waals surface area (Å²) in [6.07, 6.45) is 0.965. The lowest BCUT2D eigenvalue weighted by molar-refractivity contribution is 1.14. The second-order valence-corrected chi connectivity index (χ2v) is 4.35. The van der Waals surface area contributed by atoms with E-state index in [1.54, 1.807) is 12.1 Å². The number of anilines is 2. The maximum absolute atomic E-state index is 8.83. The normalized spacial score (nSPS) is 9.83. The highest BCUT2D eigenvalue weighted by Gasteiger charge is 2.03. The van der Waals surface area contributed by atoms with Gasteiger partial charge in [0.15, 0.2) is 0 Å². The first-order valence-electron chi connectivity index (χ1n) is 5.79. The van der Waals surface area contributed by atoms with Crippen molar-refractivity contribution in [2.24, 2.45) is 0 Å². The Morgan fingerprint density at radius 2 is 2.00 bits per heavy atom.